The van der Waals surface area contributed by atoms with Crippen molar-refractivity contribution in [2.24, 2.45) is 0 Å². The fraction of sp³-hybridized carbons (Fsp3) is 0.500. The number of aromatic amines is 1. The lowest BCUT2D eigenvalue weighted by atomic mass is 9.98. The minimum atomic E-state index is 0.451. The Bertz CT molecular complexity index is 503. The molecule has 2 heteroatoms. The second-order valence-electron chi connectivity index (χ2n) is 5.00. The van der Waals surface area contributed by atoms with Crippen LogP contribution in [0.2, 0.25) is 0 Å². The third-order valence-electron chi connectivity index (χ3n) is 3.69. The number of nitrogens with one attached hydrogen (secondary N) is 1. The summed E-state index contributed by atoms with van der Waals surface area (Å²) in [5, 5.41) is 0. The van der Waals surface area contributed by atoms with E-state index < -0.39 is 0 Å². The lowest BCUT2D eigenvalue weighted by Crippen LogP contribution is -1.92. The maximum atomic E-state index is 4.72. The smallest absolute Gasteiger partial charge is 0.109 e. The fourth-order valence-corrected chi connectivity index (χ4v) is 2.14. The van der Waals surface area contributed by atoms with Crippen molar-refractivity contribution in [1.82, 2.24) is 9.97 Å². The molecule has 2 aromatic rings. The van der Waals surface area contributed by atoms with Crippen molar-refractivity contribution in [2.45, 2.75) is 47.5 Å². The number of hydrogen-bond acceptors (Lipinski definition) is 1. The average Bonchev–Trinajstić information content (AvgIpc) is 2.68. The van der Waals surface area contributed by atoms with E-state index in [1.54, 1.807) is 0 Å². The van der Waals surface area contributed by atoms with Crippen LogP contribution in [-0.2, 0) is 0 Å². The van der Waals surface area contributed by atoms with E-state index in [-0.39, 0.29) is 0 Å². The summed E-state index contributed by atoms with van der Waals surface area (Å²) in [5.41, 5.74) is 7.74. The van der Waals surface area contributed by atoms with Gasteiger partial charge in [-0.15, -0.1) is 0 Å². The van der Waals surface area contributed by atoms with E-state index in [0.29, 0.717) is 5.92 Å². The third kappa shape index (κ3) is 1.44. The number of aryl methyl sites for hydroxylation is 2. The molecule has 2 rings (SSSR count). The Balaban J connectivity index is 2.86. The molecule has 0 aliphatic rings. The highest BCUT2D eigenvalue weighted by Gasteiger charge is 2.14. The molecule has 0 aliphatic heterocycles. The molecule has 0 radical (unpaired) electrons. The van der Waals surface area contributed by atoms with E-state index >= 15 is 0 Å². The molecule has 0 bridgehead atoms. The van der Waals surface area contributed by atoms with E-state index in [9.17, 15) is 0 Å². The molecule has 0 fully saturated rings. The summed E-state index contributed by atoms with van der Waals surface area (Å²) < 4.78 is 0. The monoisotopic (exact) mass is 216 g/mol. The van der Waals surface area contributed by atoms with E-state index in [0.717, 1.165) is 11.3 Å². The van der Waals surface area contributed by atoms with E-state index in [4.69, 9.17) is 4.98 Å². The van der Waals surface area contributed by atoms with Gasteiger partial charge in [0.05, 0.1) is 11.0 Å². The molecule has 2 nitrogen and oxygen atoms in total. The Labute approximate surface area is 97.1 Å². The van der Waals surface area contributed by atoms with Crippen LogP contribution in [0.5, 0.6) is 0 Å². The Morgan fingerprint density at radius 1 is 0.875 bits per heavy atom. The summed E-state index contributed by atoms with van der Waals surface area (Å²) in [5.74, 6) is 1.54. The molecule has 1 heterocycles. The average molecular weight is 216 g/mol. The second-order valence-corrected chi connectivity index (χ2v) is 5.00. The van der Waals surface area contributed by atoms with Gasteiger partial charge in [0.2, 0.25) is 0 Å². The molecule has 0 unspecified atom stereocenters. The number of hydrogen-bond donors (Lipinski definition) is 1. The number of aromatic nitrogens is 2. The van der Waals surface area contributed by atoms with Crippen LogP contribution in [0.4, 0.5) is 0 Å². The van der Waals surface area contributed by atoms with Crippen LogP contribution in [0.25, 0.3) is 11.0 Å². The summed E-state index contributed by atoms with van der Waals surface area (Å²) in [6.45, 7) is 13.0. The number of imidazole rings is 1. The normalized spacial score (nSPS) is 11.7. The van der Waals surface area contributed by atoms with Crippen LogP contribution < -0.4 is 0 Å². The highest BCUT2D eigenvalue weighted by Crippen LogP contribution is 2.28. The zero-order valence-corrected chi connectivity index (χ0v) is 11.0. The van der Waals surface area contributed by atoms with Gasteiger partial charge >= 0.3 is 0 Å². The molecule has 0 amide bonds. The molecule has 0 saturated carbocycles. The zero-order chi connectivity index (χ0) is 12.0. The maximum absolute atomic E-state index is 4.72. The highest BCUT2D eigenvalue weighted by molar-refractivity contribution is 5.84. The summed E-state index contributed by atoms with van der Waals surface area (Å²) in [6, 6.07) is 0. The van der Waals surface area contributed by atoms with Crippen LogP contribution in [0.3, 0.4) is 0 Å². The van der Waals surface area contributed by atoms with Crippen molar-refractivity contribution in [2.75, 3.05) is 0 Å². The third-order valence-corrected chi connectivity index (χ3v) is 3.69. The number of nitrogens with zero attached hydrogens (tertiary/aromatic N) is 1. The quantitative estimate of drug-likeness (QED) is 0.769. The van der Waals surface area contributed by atoms with E-state index in [1.165, 1.54) is 27.8 Å². The molecule has 0 aliphatic carbocycles. The Hall–Kier alpha value is -1.31. The van der Waals surface area contributed by atoms with Crippen LogP contribution >= 0.6 is 0 Å². The molecule has 0 spiro atoms. The predicted octanol–water partition coefficient (Wildman–Crippen LogP) is 3.92. The van der Waals surface area contributed by atoms with Crippen LogP contribution in [0.1, 0.15) is 47.8 Å². The van der Waals surface area contributed by atoms with Gasteiger partial charge in [-0.25, -0.2) is 4.98 Å². The van der Waals surface area contributed by atoms with Gasteiger partial charge in [-0.05, 0) is 49.9 Å². The molecule has 0 atom stereocenters. The summed E-state index contributed by atoms with van der Waals surface area (Å²) in [6.07, 6.45) is 0. The van der Waals surface area contributed by atoms with Gasteiger partial charge in [-0.3, -0.25) is 0 Å². The van der Waals surface area contributed by atoms with Gasteiger partial charge in [0.25, 0.3) is 0 Å². The highest BCUT2D eigenvalue weighted by atomic mass is 14.9. The second kappa shape index (κ2) is 3.62. The largest absolute Gasteiger partial charge is 0.342 e. The minimum Gasteiger partial charge on any atom is -0.342 e. The first-order valence-corrected chi connectivity index (χ1v) is 5.89. The van der Waals surface area contributed by atoms with Gasteiger partial charge in [-0.2, -0.15) is 0 Å². The molecule has 0 saturated heterocycles. The topological polar surface area (TPSA) is 28.7 Å². The fourth-order valence-electron chi connectivity index (χ4n) is 2.14. The van der Waals surface area contributed by atoms with Gasteiger partial charge in [0.1, 0.15) is 5.82 Å². The lowest BCUT2D eigenvalue weighted by molar-refractivity contribution is 0.799. The Morgan fingerprint density at radius 2 is 1.44 bits per heavy atom. The molecule has 1 aromatic carbocycles. The molecule has 1 aromatic heterocycles. The maximum Gasteiger partial charge on any atom is 0.109 e. The molecular formula is C14H20N2. The van der Waals surface area contributed by atoms with Crippen LogP contribution in [0.15, 0.2) is 0 Å². The number of rotatable bonds is 1. The SMILES string of the molecule is Cc1c(C)c(C)c2[nH]c(C(C)C)nc2c1C. The number of fused-ring (bicyclic) bond motifs is 1. The molecule has 16 heavy (non-hydrogen) atoms. The summed E-state index contributed by atoms with van der Waals surface area (Å²) in [7, 11) is 0. The lowest BCUT2D eigenvalue weighted by Gasteiger charge is -2.09. The Morgan fingerprint density at radius 3 is 2.00 bits per heavy atom. The van der Waals surface area contributed by atoms with Crippen LogP contribution in [0, 0.1) is 27.7 Å². The van der Waals surface area contributed by atoms with Crippen molar-refractivity contribution in [3.63, 3.8) is 0 Å². The first kappa shape index (κ1) is 11.2. The van der Waals surface area contributed by atoms with Gasteiger partial charge in [-0.1, -0.05) is 13.8 Å². The molecule has 1 N–H and O–H groups in total. The van der Waals surface area contributed by atoms with E-state index in [2.05, 4.69) is 46.5 Å². The zero-order valence-electron chi connectivity index (χ0n) is 11.0. The number of H-pyrrole nitrogens is 1. The van der Waals surface area contributed by atoms with Crippen LogP contribution in [-0.4, -0.2) is 9.97 Å². The van der Waals surface area contributed by atoms with E-state index in [1.807, 2.05) is 0 Å². The first-order valence-electron chi connectivity index (χ1n) is 5.89. The van der Waals surface area contributed by atoms with Crippen molar-refractivity contribution in [3.8, 4) is 0 Å². The van der Waals surface area contributed by atoms with Gasteiger partial charge in [0, 0.05) is 5.92 Å². The number of benzene rings is 1. The minimum absolute atomic E-state index is 0.451. The van der Waals surface area contributed by atoms with Gasteiger partial charge in [0.15, 0.2) is 0 Å². The Kier molecular flexibility index (Phi) is 2.53. The summed E-state index contributed by atoms with van der Waals surface area (Å²) in [4.78, 5) is 8.18. The van der Waals surface area contributed by atoms with Gasteiger partial charge < -0.3 is 4.98 Å². The van der Waals surface area contributed by atoms with Crippen molar-refractivity contribution in [1.29, 1.82) is 0 Å². The summed E-state index contributed by atoms with van der Waals surface area (Å²) >= 11 is 0. The molecular weight excluding hydrogens is 196 g/mol. The predicted molar refractivity (Wildman–Crippen MR) is 69.1 cm³/mol. The van der Waals surface area contributed by atoms with Crippen molar-refractivity contribution >= 4 is 11.0 Å². The first-order chi connectivity index (χ1) is 7.43. The van der Waals surface area contributed by atoms with Crippen molar-refractivity contribution < 1.29 is 0 Å². The standard InChI is InChI=1S/C14H20N2/c1-7(2)14-15-12-10(5)8(3)9(4)11(6)13(12)16-14/h7H,1-6H3,(H,15,16). The molecule has 86 valence electrons. The van der Waals surface area contributed by atoms with Crippen molar-refractivity contribution in [3.05, 3.63) is 28.1 Å².